The Hall–Kier alpha value is -2.10. The fraction of sp³-hybridized carbons (Fsp3) is 0.231. The molecule has 0 unspecified atom stereocenters. The van der Waals surface area contributed by atoms with Gasteiger partial charge in [0.15, 0.2) is 0 Å². The van der Waals surface area contributed by atoms with Gasteiger partial charge in [0.1, 0.15) is 0 Å². The van der Waals surface area contributed by atoms with Crippen molar-refractivity contribution >= 4 is 17.5 Å². The van der Waals surface area contributed by atoms with Gasteiger partial charge in [-0.2, -0.15) is 0 Å². The maximum Gasteiger partial charge on any atom is 0.338 e. The molecule has 0 atom stereocenters. The van der Waals surface area contributed by atoms with Gasteiger partial charge < -0.3 is 9.84 Å². The first-order chi connectivity index (χ1) is 7.99. The number of carboxylic acid groups (broad SMARTS) is 1. The van der Waals surface area contributed by atoms with Gasteiger partial charge in [0.25, 0.3) is 0 Å². The second kappa shape index (κ2) is 5.30. The van der Waals surface area contributed by atoms with Crippen LogP contribution in [-0.2, 0) is 9.53 Å². The molecular weight excluding hydrogens is 220 g/mol. The molecule has 1 aromatic carbocycles. The van der Waals surface area contributed by atoms with Crippen molar-refractivity contribution in [3.05, 3.63) is 41.0 Å². The van der Waals surface area contributed by atoms with Crippen LogP contribution in [0.25, 0.3) is 5.57 Å². The third-order valence-electron chi connectivity index (χ3n) is 2.32. The molecule has 0 saturated heterocycles. The molecule has 0 radical (unpaired) electrons. The van der Waals surface area contributed by atoms with E-state index in [9.17, 15) is 9.59 Å². The third-order valence-corrected chi connectivity index (χ3v) is 2.32. The van der Waals surface area contributed by atoms with Gasteiger partial charge in [0.05, 0.1) is 18.2 Å². The summed E-state index contributed by atoms with van der Waals surface area (Å²) >= 11 is 0. The van der Waals surface area contributed by atoms with Crippen LogP contribution in [-0.4, -0.2) is 24.2 Å². The van der Waals surface area contributed by atoms with Gasteiger partial charge in [0.2, 0.25) is 0 Å². The van der Waals surface area contributed by atoms with Crippen molar-refractivity contribution in [1.82, 2.24) is 0 Å². The van der Waals surface area contributed by atoms with E-state index < -0.39 is 11.9 Å². The van der Waals surface area contributed by atoms with E-state index in [4.69, 9.17) is 5.11 Å². The number of methoxy groups -OCH3 is 1. The highest BCUT2D eigenvalue weighted by Crippen LogP contribution is 2.23. The summed E-state index contributed by atoms with van der Waals surface area (Å²) in [6.45, 7) is 3.48. The van der Waals surface area contributed by atoms with Crippen molar-refractivity contribution in [2.24, 2.45) is 0 Å². The molecule has 90 valence electrons. The molecule has 0 saturated carbocycles. The molecule has 0 spiro atoms. The maximum atomic E-state index is 11.7. The first-order valence-electron chi connectivity index (χ1n) is 5.07. The van der Waals surface area contributed by atoms with Gasteiger partial charge in [-0.15, -0.1) is 0 Å². The second-order valence-electron chi connectivity index (χ2n) is 3.72. The molecule has 0 amide bonds. The lowest BCUT2D eigenvalue weighted by Crippen LogP contribution is -2.10. The van der Waals surface area contributed by atoms with Crippen molar-refractivity contribution in [3.8, 4) is 0 Å². The minimum absolute atomic E-state index is 0.0918. The van der Waals surface area contributed by atoms with Gasteiger partial charge in [0, 0.05) is 5.56 Å². The minimum Gasteiger partial charge on any atom is -0.478 e. The zero-order chi connectivity index (χ0) is 13.0. The number of ether oxygens (including phenoxy) is 1. The highest BCUT2D eigenvalue weighted by Gasteiger charge is 2.19. The van der Waals surface area contributed by atoms with Crippen LogP contribution in [0.3, 0.4) is 0 Å². The third kappa shape index (κ3) is 2.72. The predicted molar refractivity (Wildman–Crippen MR) is 63.7 cm³/mol. The van der Waals surface area contributed by atoms with Crippen molar-refractivity contribution in [2.45, 2.75) is 13.8 Å². The molecule has 0 aliphatic carbocycles. The lowest BCUT2D eigenvalue weighted by molar-refractivity contribution is -0.133. The largest absolute Gasteiger partial charge is 0.478 e. The number of benzene rings is 1. The SMILES string of the molecule is COC(=O)C(=C(C)C)c1ccccc1C(=O)O. The predicted octanol–water partition coefficient (Wildman–Crippen LogP) is 2.35. The first kappa shape index (κ1) is 13.0. The molecule has 0 aromatic heterocycles. The lowest BCUT2D eigenvalue weighted by Gasteiger charge is -2.10. The molecule has 0 aliphatic rings. The van der Waals surface area contributed by atoms with Gasteiger partial charge in [-0.1, -0.05) is 23.8 Å². The van der Waals surface area contributed by atoms with E-state index >= 15 is 0 Å². The van der Waals surface area contributed by atoms with E-state index in [-0.39, 0.29) is 5.56 Å². The molecule has 0 fully saturated rings. The van der Waals surface area contributed by atoms with E-state index in [1.807, 2.05) is 0 Å². The highest BCUT2D eigenvalue weighted by molar-refractivity contribution is 6.19. The van der Waals surface area contributed by atoms with Crippen LogP contribution in [0.4, 0.5) is 0 Å². The standard InChI is InChI=1S/C13H14O4/c1-8(2)11(13(16)17-3)9-6-4-5-7-10(9)12(14)15/h4-7H,1-3H3,(H,14,15). The topological polar surface area (TPSA) is 63.6 Å². The summed E-state index contributed by atoms with van der Waals surface area (Å²) in [5.41, 5.74) is 1.48. The summed E-state index contributed by atoms with van der Waals surface area (Å²) in [5.74, 6) is -1.60. The summed E-state index contributed by atoms with van der Waals surface area (Å²) < 4.78 is 4.67. The molecule has 1 N–H and O–H groups in total. The zero-order valence-electron chi connectivity index (χ0n) is 9.98. The molecule has 0 bridgehead atoms. The number of carbonyl (C=O) groups excluding carboxylic acids is 1. The van der Waals surface area contributed by atoms with Gasteiger partial charge in [-0.25, -0.2) is 9.59 Å². The van der Waals surface area contributed by atoms with Crippen LogP contribution >= 0.6 is 0 Å². The molecule has 1 rings (SSSR count). The molecule has 0 heterocycles. The smallest absolute Gasteiger partial charge is 0.338 e. The minimum atomic E-state index is -1.07. The van der Waals surface area contributed by atoms with Crippen molar-refractivity contribution in [2.75, 3.05) is 7.11 Å². The fourth-order valence-corrected chi connectivity index (χ4v) is 1.57. The number of aromatic carboxylic acids is 1. The Kier molecular flexibility index (Phi) is 4.04. The monoisotopic (exact) mass is 234 g/mol. The number of carbonyl (C=O) groups is 2. The van der Waals surface area contributed by atoms with Gasteiger partial charge in [-0.3, -0.25) is 0 Å². The van der Waals surface area contributed by atoms with Crippen molar-refractivity contribution < 1.29 is 19.4 Å². The van der Waals surface area contributed by atoms with Gasteiger partial charge >= 0.3 is 11.9 Å². The summed E-state index contributed by atoms with van der Waals surface area (Å²) in [6, 6.07) is 6.37. The number of hydrogen-bond donors (Lipinski definition) is 1. The number of allylic oxidation sites excluding steroid dienone is 1. The Labute approximate surface area is 99.5 Å². The Morgan fingerprint density at radius 2 is 1.65 bits per heavy atom. The summed E-state index contributed by atoms with van der Waals surface area (Å²) in [6.07, 6.45) is 0. The quantitative estimate of drug-likeness (QED) is 0.644. The number of carboxylic acids is 1. The molecule has 17 heavy (non-hydrogen) atoms. The van der Waals surface area contributed by atoms with Gasteiger partial charge in [-0.05, 0) is 19.9 Å². The van der Waals surface area contributed by atoms with E-state index in [1.54, 1.807) is 32.0 Å². The second-order valence-corrected chi connectivity index (χ2v) is 3.72. The Morgan fingerprint density at radius 3 is 2.06 bits per heavy atom. The summed E-state index contributed by atoms with van der Waals surface area (Å²) in [7, 11) is 1.27. The van der Waals surface area contributed by atoms with Crippen LogP contribution in [0, 0.1) is 0 Å². The molecular formula is C13H14O4. The Morgan fingerprint density at radius 1 is 1.12 bits per heavy atom. The van der Waals surface area contributed by atoms with Crippen LogP contribution in [0.2, 0.25) is 0 Å². The van der Waals surface area contributed by atoms with Crippen LogP contribution in [0.15, 0.2) is 29.8 Å². The van der Waals surface area contributed by atoms with E-state index in [2.05, 4.69) is 4.74 Å². The fourth-order valence-electron chi connectivity index (χ4n) is 1.57. The first-order valence-corrected chi connectivity index (χ1v) is 5.07. The molecule has 4 nitrogen and oxygen atoms in total. The number of esters is 1. The van der Waals surface area contributed by atoms with Crippen LogP contribution < -0.4 is 0 Å². The maximum absolute atomic E-state index is 11.7. The summed E-state index contributed by atoms with van der Waals surface area (Å²) in [4.78, 5) is 22.7. The number of hydrogen-bond acceptors (Lipinski definition) is 3. The Balaban J connectivity index is 3.45. The average Bonchev–Trinajstić information content (AvgIpc) is 2.29. The molecule has 4 heteroatoms. The Bertz CT molecular complexity index is 482. The normalized spacial score (nSPS) is 9.59. The van der Waals surface area contributed by atoms with Crippen molar-refractivity contribution in [3.63, 3.8) is 0 Å². The lowest BCUT2D eigenvalue weighted by atomic mass is 9.96. The van der Waals surface area contributed by atoms with E-state index in [0.717, 1.165) is 0 Å². The average molecular weight is 234 g/mol. The highest BCUT2D eigenvalue weighted by atomic mass is 16.5. The number of rotatable bonds is 3. The summed E-state index contributed by atoms with van der Waals surface area (Å²) in [5, 5.41) is 9.08. The zero-order valence-corrected chi connectivity index (χ0v) is 9.98. The van der Waals surface area contributed by atoms with Crippen LogP contribution in [0.1, 0.15) is 29.8 Å². The van der Waals surface area contributed by atoms with E-state index in [1.165, 1.54) is 13.2 Å². The molecule has 0 aliphatic heterocycles. The van der Waals surface area contributed by atoms with Crippen LogP contribution in [0.5, 0.6) is 0 Å². The molecule has 1 aromatic rings. The van der Waals surface area contributed by atoms with E-state index in [0.29, 0.717) is 16.7 Å². The van der Waals surface area contributed by atoms with Crippen molar-refractivity contribution in [1.29, 1.82) is 0 Å².